The van der Waals surface area contributed by atoms with Crippen molar-refractivity contribution in [1.29, 1.82) is 0 Å². The highest BCUT2D eigenvalue weighted by atomic mass is 79.9. The number of nitrogens with zero attached hydrogens (tertiary/aromatic N) is 1. The Morgan fingerprint density at radius 1 is 1.25 bits per heavy atom. The predicted octanol–water partition coefficient (Wildman–Crippen LogP) is 5.04. The molecule has 0 aliphatic carbocycles. The molecule has 0 bridgehead atoms. The summed E-state index contributed by atoms with van der Waals surface area (Å²) < 4.78 is 1.52. The minimum atomic E-state index is -0.392. The summed E-state index contributed by atoms with van der Waals surface area (Å²) in [6, 6.07) is 11.0. The summed E-state index contributed by atoms with van der Waals surface area (Å²) in [6.45, 7) is 2.53. The molecule has 2 aromatic rings. The Bertz CT molecular complexity index is 639. The first kappa shape index (κ1) is 15.0. The number of nitrogens with one attached hydrogen (secondary N) is 1. The van der Waals surface area contributed by atoms with Crippen molar-refractivity contribution in [2.45, 2.75) is 13.5 Å². The maximum atomic E-state index is 10.9. The summed E-state index contributed by atoms with van der Waals surface area (Å²) >= 11 is 6.74. The predicted molar refractivity (Wildman–Crippen MR) is 87.0 cm³/mol. The minimum Gasteiger partial charge on any atom is -0.381 e. The lowest BCUT2D eigenvalue weighted by atomic mass is 10.2. The maximum absolute atomic E-state index is 10.9. The second-order valence-electron chi connectivity index (χ2n) is 4.38. The van der Waals surface area contributed by atoms with Gasteiger partial charge in [-0.15, -0.1) is 0 Å². The summed E-state index contributed by atoms with van der Waals surface area (Å²) in [5, 5.41) is 14.2. The van der Waals surface area contributed by atoms with E-state index in [0.717, 1.165) is 21.3 Å². The number of benzene rings is 2. The summed E-state index contributed by atoms with van der Waals surface area (Å²) in [5.41, 5.74) is 3.03. The van der Waals surface area contributed by atoms with Gasteiger partial charge in [-0.3, -0.25) is 10.1 Å². The van der Waals surface area contributed by atoms with E-state index in [4.69, 9.17) is 0 Å². The average Bonchev–Trinajstić information content (AvgIpc) is 2.36. The van der Waals surface area contributed by atoms with Crippen LogP contribution in [0, 0.1) is 17.0 Å². The maximum Gasteiger partial charge on any atom is 0.283 e. The fourth-order valence-electron chi connectivity index (χ4n) is 1.88. The molecule has 0 amide bonds. The van der Waals surface area contributed by atoms with Gasteiger partial charge in [-0.25, -0.2) is 0 Å². The highest BCUT2D eigenvalue weighted by Crippen LogP contribution is 2.29. The Morgan fingerprint density at radius 3 is 2.65 bits per heavy atom. The molecule has 0 fully saturated rings. The van der Waals surface area contributed by atoms with E-state index < -0.39 is 4.92 Å². The summed E-state index contributed by atoms with van der Waals surface area (Å²) in [7, 11) is 0. The molecular weight excluding hydrogens is 388 g/mol. The van der Waals surface area contributed by atoms with Crippen LogP contribution >= 0.6 is 31.9 Å². The molecule has 4 nitrogen and oxygen atoms in total. The van der Waals surface area contributed by atoms with E-state index in [9.17, 15) is 10.1 Å². The second kappa shape index (κ2) is 6.37. The van der Waals surface area contributed by atoms with Crippen molar-refractivity contribution in [2.24, 2.45) is 0 Å². The first-order valence-corrected chi connectivity index (χ1v) is 7.49. The molecular formula is C14H12Br2N2O2. The van der Waals surface area contributed by atoms with E-state index in [-0.39, 0.29) is 5.69 Å². The van der Waals surface area contributed by atoms with Gasteiger partial charge in [-0.1, -0.05) is 28.1 Å². The van der Waals surface area contributed by atoms with E-state index in [2.05, 4.69) is 37.2 Å². The number of anilines is 1. The number of rotatable bonds is 4. The molecule has 104 valence electrons. The highest BCUT2D eigenvalue weighted by molar-refractivity contribution is 9.11. The van der Waals surface area contributed by atoms with Gasteiger partial charge >= 0.3 is 0 Å². The Balaban J connectivity index is 2.19. The average molecular weight is 400 g/mol. The number of hydrogen-bond donors (Lipinski definition) is 1. The SMILES string of the molecule is Cc1cc(Br)cc(NCc2cccc([N+](=O)[O-])c2Br)c1. The van der Waals surface area contributed by atoms with Crippen LogP contribution in [0.3, 0.4) is 0 Å². The first-order chi connectivity index (χ1) is 9.47. The quantitative estimate of drug-likeness (QED) is 0.578. The smallest absolute Gasteiger partial charge is 0.283 e. The van der Waals surface area contributed by atoms with Gasteiger partial charge in [0.1, 0.15) is 4.47 Å². The molecule has 0 aliphatic heterocycles. The number of hydrogen-bond acceptors (Lipinski definition) is 3. The van der Waals surface area contributed by atoms with E-state index in [1.807, 2.05) is 31.2 Å². The van der Waals surface area contributed by atoms with Gasteiger partial charge in [0, 0.05) is 22.8 Å². The molecule has 6 heteroatoms. The Morgan fingerprint density at radius 2 is 2.00 bits per heavy atom. The van der Waals surface area contributed by atoms with Crippen molar-refractivity contribution in [3.8, 4) is 0 Å². The molecule has 0 heterocycles. The van der Waals surface area contributed by atoms with Crippen LogP contribution in [0.1, 0.15) is 11.1 Å². The van der Waals surface area contributed by atoms with Gasteiger partial charge in [0.25, 0.3) is 5.69 Å². The van der Waals surface area contributed by atoms with Gasteiger partial charge in [-0.05, 0) is 52.2 Å². The molecule has 2 rings (SSSR count). The van der Waals surface area contributed by atoms with Crippen molar-refractivity contribution < 1.29 is 4.92 Å². The zero-order valence-electron chi connectivity index (χ0n) is 10.7. The fraction of sp³-hybridized carbons (Fsp3) is 0.143. The summed E-state index contributed by atoms with van der Waals surface area (Å²) in [6.07, 6.45) is 0. The lowest BCUT2D eigenvalue weighted by Gasteiger charge is -2.09. The Labute approximate surface area is 133 Å². The molecule has 0 unspecified atom stereocenters. The van der Waals surface area contributed by atoms with Gasteiger partial charge in [0.15, 0.2) is 0 Å². The molecule has 0 aliphatic rings. The van der Waals surface area contributed by atoms with Gasteiger partial charge in [0.2, 0.25) is 0 Å². The second-order valence-corrected chi connectivity index (χ2v) is 6.09. The van der Waals surface area contributed by atoms with E-state index in [1.165, 1.54) is 6.07 Å². The van der Waals surface area contributed by atoms with Crippen LogP contribution < -0.4 is 5.32 Å². The molecule has 0 saturated carbocycles. The van der Waals surface area contributed by atoms with E-state index in [1.54, 1.807) is 6.07 Å². The van der Waals surface area contributed by atoms with Crippen molar-refractivity contribution in [3.05, 3.63) is 66.6 Å². The molecule has 0 saturated heterocycles. The molecule has 2 aromatic carbocycles. The normalized spacial score (nSPS) is 10.3. The summed E-state index contributed by atoms with van der Waals surface area (Å²) in [4.78, 5) is 10.5. The monoisotopic (exact) mass is 398 g/mol. The molecule has 0 aromatic heterocycles. The third-order valence-electron chi connectivity index (χ3n) is 2.78. The molecule has 0 radical (unpaired) electrons. The standard InChI is InChI=1S/C14H12Br2N2O2/c1-9-5-11(15)7-12(6-9)17-8-10-3-2-4-13(14(10)16)18(19)20/h2-7,17H,8H2,1H3. The number of halogens is 2. The fourth-order valence-corrected chi connectivity index (χ4v) is 3.04. The van der Waals surface area contributed by atoms with Crippen molar-refractivity contribution in [2.75, 3.05) is 5.32 Å². The lowest BCUT2D eigenvalue weighted by molar-refractivity contribution is -0.385. The number of nitro benzene ring substituents is 1. The summed E-state index contributed by atoms with van der Waals surface area (Å²) in [5.74, 6) is 0. The lowest BCUT2D eigenvalue weighted by Crippen LogP contribution is -2.02. The van der Waals surface area contributed by atoms with Crippen molar-refractivity contribution in [3.63, 3.8) is 0 Å². The largest absolute Gasteiger partial charge is 0.381 e. The third-order valence-corrected chi connectivity index (χ3v) is 4.15. The van der Waals surface area contributed by atoms with Crippen LogP contribution in [-0.2, 0) is 6.54 Å². The number of nitro groups is 1. The molecule has 20 heavy (non-hydrogen) atoms. The molecule has 0 atom stereocenters. The Hall–Kier alpha value is -1.40. The number of aryl methyl sites for hydroxylation is 1. The van der Waals surface area contributed by atoms with Crippen LogP contribution in [0.25, 0.3) is 0 Å². The van der Waals surface area contributed by atoms with E-state index >= 15 is 0 Å². The van der Waals surface area contributed by atoms with E-state index in [0.29, 0.717) is 11.0 Å². The van der Waals surface area contributed by atoms with Crippen molar-refractivity contribution in [1.82, 2.24) is 0 Å². The van der Waals surface area contributed by atoms with Crippen LogP contribution in [-0.4, -0.2) is 4.92 Å². The van der Waals surface area contributed by atoms with Gasteiger partial charge in [-0.2, -0.15) is 0 Å². The minimum absolute atomic E-state index is 0.0784. The molecule has 0 spiro atoms. The van der Waals surface area contributed by atoms with Gasteiger partial charge < -0.3 is 5.32 Å². The van der Waals surface area contributed by atoms with Crippen molar-refractivity contribution >= 4 is 43.2 Å². The first-order valence-electron chi connectivity index (χ1n) is 5.90. The third kappa shape index (κ3) is 3.58. The van der Waals surface area contributed by atoms with Crippen LogP contribution in [0.4, 0.5) is 11.4 Å². The zero-order valence-corrected chi connectivity index (χ0v) is 13.9. The zero-order chi connectivity index (χ0) is 14.7. The molecule has 1 N–H and O–H groups in total. The van der Waals surface area contributed by atoms with Crippen LogP contribution in [0.15, 0.2) is 45.3 Å². The Kier molecular flexibility index (Phi) is 4.77. The van der Waals surface area contributed by atoms with Crippen LogP contribution in [0.5, 0.6) is 0 Å². The highest BCUT2D eigenvalue weighted by Gasteiger charge is 2.14. The topological polar surface area (TPSA) is 55.2 Å². The van der Waals surface area contributed by atoms with Crippen LogP contribution in [0.2, 0.25) is 0 Å². The van der Waals surface area contributed by atoms with Gasteiger partial charge in [0.05, 0.1) is 4.92 Å².